The average Bonchev–Trinajstić information content (AvgIpc) is 1.75. The van der Waals surface area contributed by atoms with Crippen molar-refractivity contribution in [2.24, 2.45) is 7.05 Å². The van der Waals surface area contributed by atoms with Gasteiger partial charge in [-0.05, 0) is 280 Å². The first-order valence-electron chi connectivity index (χ1n) is 43.8. The van der Waals surface area contributed by atoms with E-state index in [9.17, 15) is 35.1 Å². The second-order valence-corrected chi connectivity index (χ2v) is 35.6. The lowest BCUT2D eigenvalue weighted by Crippen LogP contribution is -2.12. The minimum atomic E-state index is -4.25. The van der Waals surface area contributed by atoms with Crippen molar-refractivity contribution in [1.29, 1.82) is 0 Å². The van der Waals surface area contributed by atoms with E-state index < -0.39 is 23.4 Å². The van der Waals surface area contributed by atoms with Gasteiger partial charge in [0.2, 0.25) is 0 Å². The van der Waals surface area contributed by atoms with Crippen LogP contribution in [0.5, 0.6) is 5.75 Å². The molecule has 4 nitrogen and oxygen atoms in total. The number of rotatable bonds is 15. The molecule has 3 heterocycles. The first kappa shape index (κ1) is 107. The van der Waals surface area contributed by atoms with Crippen LogP contribution < -0.4 is 4.74 Å². The lowest BCUT2D eigenvalue weighted by atomic mass is 9.90. The Morgan fingerprint density at radius 1 is 0.403 bits per heavy atom. The number of alkyl halides is 3. The summed E-state index contributed by atoms with van der Waals surface area (Å²) in [6, 6.07) is 57.9. The molecule has 0 unspecified atom stereocenters. The van der Waals surface area contributed by atoms with Crippen LogP contribution in [0, 0.1) is 56.8 Å². The van der Waals surface area contributed by atoms with Crippen LogP contribution in [0.1, 0.15) is 312 Å². The number of fused-ring (bicyclic) bond motifs is 3. The van der Waals surface area contributed by atoms with E-state index in [4.69, 9.17) is 27.9 Å². The highest BCUT2D eigenvalue weighted by molar-refractivity contribution is 7.19. The van der Waals surface area contributed by atoms with Crippen LogP contribution in [0.3, 0.4) is 0 Å². The van der Waals surface area contributed by atoms with E-state index in [0.29, 0.717) is 47.1 Å². The van der Waals surface area contributed by atoms with Crippen molar-refractivity contribution in [2.75, 3.05) is 6.61 Å². The molecule has 13 aromatic rings. The molecular weight excluding hydrogens is 1620 g/mol. The van der Waals surface area contributed by atoms with Gasteiger partial charge in [-0.15, -0.1) is 11.3 Å². The summed E-state index contributed by atoms with van der Waals surface area (Å²) in [6.07, 6.45) is 5.12. The fraction of sp³-hybridized carbons (Fsp3) is 0.394. The largest absolute Gasteiger partial charge is 0.494 e. The number of aryl methyl sites for hydroxylation is 8. The maximum Gasteiger partial charge on any atom is 0.416 e. The average molecular weight is 1760 g/mol. The molecule has 13 rings (SSSR count). The number of para-hydroxylation sites is 2. The van der Waals surface area contributed by atoms with Crippen molar-refractivity contribution in [3.05, 3.63) is 345 Å². The molecule has 0 saturated carbocycles. The van der Waals surface area contributed by atoms with Crippen molar-refractivity contribution >= 4 is 66.6 Å². The number of hydrogen-bond donors (Lipinski definition) is 0. The van der Waals surface area contributed by atoms with E-state index in [-0.39, 0.29) is 46.1 Å². The minimum Gasteiger partial charge on any atom is -0.494 e. The molecule has 3 aromatic heterocycles. The summed E-state index contributed by atoms with van der Waals surface area (Å²) < 4.78 is 112. The molecule has 0 fully saturated rings. The number of ether oxygens (including phenoxy) is 1. The Hall–Kier alpha value is -9.14. The monoisotopic (exact) mass is 1760 g/mol. The molecule has 0 aliphatic heterocycles. The van der Waals surface area contributed by atoms with E-state index in [0.717, 1.165) is 93.2 Å². The van der Waals surface area contributed by atoms with Gasteiger partial charge in [0.1, 0.15) is 23.2 Å². The van der Waals surface area contributed by atoms with Crippen molar-refractivity contribution in [3.8, 4) is 5.75 Å². The lowest BCUT2D eigenvalue weighted by molar-refractivity contribution is -0.138. The van der Waals surface area contributed by atoms with Gasteiger partial charge in [-0.1, -0.05) is 297 Å². The molecule has 15 heteroatoms. The van der Waals surface area contributed by atoms with Crippen LogP contribution in [0.15, 0.2) is 207 Å². The number of nitrogens with zero attached hydrogens (tertiary/aromatic N) is 3. The van der Waals surface area contributed by atoms with E-state index in [2.05, 4.69) is 211 Å². The van der Waals surface area contributed by atoms with Gasteiger partial charge < -0.3 is 9.30 Å². The number of hydrogen-bond acceptors (Lipinski definition) is 4. The maximum absolute atomic E-state index is 13.3. The van der Waals surface area contributed by atoms with Crippen LogP contribution in [-0.4, -0.2) is 21.1 Å². The Bertz CT molecular complexity index is 5210. The van der Waals surface area contributed by atoms with Crippen LogP contribution >= 0.6 is 34.5 Å². The van der Waals surface area contributed by atoms with Gasteiger partial charge in [0.15, 0.2) is 11.6 Å². The molecule has 0 amide bonds. The summed E-state index contributed by atoms with van der Waals surface area (Å²) >= 11 is 13.4. The zero-order chi connectivity index (χ0) is 93.2. The third-order valence-electron chi connectivity index (χ3n) is 21.3. The molecule has 0 radical (unpaired) electrons. The van der Waals surface area contributed by atoms with E-state index in [1.165, 1.54) is 95.1 Å². The minimum absolute atomic E-state index is 0.0331. The molecule has 670 valence electrons. The summed E-state index contributed by atoms with van der Waals surface area (Å²) in [6.45, 7) is 56.6. The standard InChI is InChI=1S/C13H20O.C12H15F3.C12H15N.C12H18.C11H15F.C11H12N2.C10H9ClS.C10H13F.C9H10ClF.C9H10F2/c1-5-11-8-7-9-12(14-6-2)13(11)10(3)4;1-4-9-6-5-7-10(12(13,14)15)11(9)8(2)3;1-9(2)11-6-4-5-10-7-8-13(3)12(10)11;1-5-11-8-6-7-10(4)12(11)9(2)3;1-4-9-6-5-7-10(12)11(9)8(2)3;1-8(2)9-4-3-5-10-11(9)13-7-6-12-10;1-6-7(2)12-10-4-3-8(11)5-9(6)10;1-7(2)9-5-4-6-10(11)8(9)3;1-6(2)7-4-3-5-8(11)9(7)10;1-6(2)7-4-3-5-8(10)9(7)11/h7-10H,5-6H2,1-4H3;5-8H,4H2,1-3H3;4-9H,1-3H3;6-9H,5H2,1-4H3;5-8H,4H2,1-3H3;3-8H,1-2H3;3-5H,1-2H3;4-7H,1-3H3;2*3-6H,1-2H3. The van der Waals surface area contributed by atoms with Crippen LogP contribution in [0.2, 0.25) is 10.0 Å². The summed E-state index contributed by atoms with van der Waals surface area (Å²) in [5.74, 6) is 2.25. The Morgan fingerprint density at radius 3 is 1.33 bits per heavy atom. The first-order chi connectivity index (χ1) is 58.5. The van der Waals surface area contributed by atoms with E-state index >= 15 is 0 Å². The maximum atomic E-state index is 13.3. The van der Waals surface area contributed by atoms with E-state index in [1.807, 2.05) is 116 Å². The smallest absolute Gasteiger partial charge is 0.416 e. The SMILES string of the molecule is CC(C)c1cccc(F)c1Cl.CC(C)c1cccc(F)c1F.CC(C)c1cccc2ccn(C)c12.CC(C)c1cccc2nccnc12.CCOc1cccc(CC)c1C(C)C.CCc1cccc(C(F)(F)F)c1C(C)C.CCc1cccc(C)c1C(C)C.CCc1cccc(F)c1C(C)C.Cc1c(F)cccc1C(C)C.Cc1sc2ccc(Cl)cc2c1C. The summed E-state index contributed by atoms with van der Waals surface area (Å²) in [5.41, 5.74) is 20.6. The Balaban J connectivity index is 0.000000289. The zero-order valence-electron chi connectivity index (χ0n) is 78.8. The van der Waals surface area contributed by atoms with Gasteiger partial charge >= 0.3 is 6.18 Å². The fourth-order valence-electron chi connectivity index (χ4n) is 14.9. The Kier molecular flexibility index (Phi) is 45.6. The predicted molar refractivity (Wildman–Crippen MR) is 519 cm³/mol. The fourth-order valence-corrected chi connectivity index (χ4v) is 16.5. The Labute approximate surface area is 752 Å². The molecular formula is C109H137Cl2F8N3OS. The molecule has 0 saturated heterocycles. The quantitative estimate of drug-likeness (QED) is 0.0961. The van der Waals surface area contributed by atoms with Gasteiger partial charge in [-0.25, -0.2) is 22.0 Å². The lowest BCUT2D eigenvalue weighted by Gasteiger charge is -2.18. The molecule has 10 aromatic carbocycles. The second kappa shape index (κ2) is 52.7. The number of benzene rings is 10. The zero-order valence-corrected chi connectivity index (χ0v) is 81.1. The summed E-state index contributed by atoms with van der Waals surface area (Å²) in [4.78, 5) is 9.98. The third-order valence-corrected chi connectivity index (χ3v) is 23.1. The van der Waals surface area contributed by atoms with E-state index in [1.54, 1.807) is 62.1 Å². The molecule has 124 heavy (non-hydrogen) atoms. The molecule has 0 bridgehead atoms. The normalized spacial score (nSPS) is 11.0. The summed E-state index contributed by atoms with van der Waals surface area (Å²) in [5, 5.41) is 3.71. The van der Waals surface area contributed by atoms with Crippen LogP contribution in [0.25, 0.3) is 32.0 Å². The Morgan fingerprint density at radius 2 is 0.839 bits per heavy atom. The van der Waals surface area contributed by atoms with Crippen LogP contribution in [-0.2, 0) is 38.9 Å². The number of halogens is 10. The van der Waals surface area contributed by atoms with Crippen LogP contribution in [0.4, 0.5) is 35.1 Å². The highest BCUT2D eigenvalue weighted by Crippen LogP contribution is 2.39. The number of thiophene rings is 1. The van der Waals surface area contributed by atoms with Gasteiger partial charge in [0.05, 0.1) is 33.7 Å². The molecule has 0 aliphatic rings. The van der Waals surface area contributed by atoms with Gasteiger partial charge in [0.25, 0.3) is 0 Å². The van der Waals surface area contributed by atoms with Gasteiger partial charge in [-0.3, -0.25) is 9.97 Å². The number of aromatic nitrogens is 3. The highest BCUT2D eigenvalue weighted by atomic mass is 35.5. The van der Waals surface area contributed by atoms with Gasteiger partial charge in [-0.2, -0.15) is 13.2 Å². The van der Waals surface area contributed by atoms with Gasteiger partial charge in [0, 0.05) is 40.2 Å². The first-order valence-corrected chi connectivity index (χ1v) is 45.3. The molecule has 0 atom stereocenters. The van der Waals surface area contributed by atoms with Crippen molar-refractivity contribution in [2.45, 2.75) is 272 Å². The molecule has 0 N–H and O–H groups in total. The van der Waals surface area contributed by atoms with Crippen molar-refractivity contribution in [3.63, 3.8) is 0 Å². The van der Waals surface area contributed by atoms with Crippen molar-refractivity contribution in [1.82, 2.24) is 14.5 Å². The predicted octanol–water partition coefficient (Wildman–Crippen LogP) is 35.5. The molecule has 0 spiro atoms. The third kappa shape index (κ3) is 31.8. The summed E-state index contributed by atoms with van der Waals surface area (Å²) in [7, 11) is 2.11. The van der Waals surface area contributed by atoms with Crippen molar-refractivity contribution < 1.29 is 39.9 Å². The molecule has 0 aliphatic carbocycles. The second-order valence-electron chi connectivity index (χ2n) is 33.6. The highest BCUT2D eigenvalue weighted by Gasteiger charge is 2.34. The topological polar surface area (TPSA) is 39.9 Å².